The van der Waals surface area contributed by atoms with E-state index in [0.717, 1.165) is 15.6 Å². The van der Waals surface area contributed by atoms with Crippen molar-refractivity contribution in [3.8, 4) is 11.1 Å². The van der Waals surface area contributed by atoms with Crippen LogP contribution in [0.4, 0.5) is 4.39 Å². The molecule has 0 aliphatic rings. The summed E-state index contributed by atoms with van der Waals surface area (Å²) in [5.41, 5.74) is 2.59. The molecule has 1 nitrogen and oxygen atoms in total. The highest BCUT2D eigenvalue weighted by atomic mass is 79.9. The van der Waals surface area contributed by atoms with Crippen LogP contribution >= 0.6 is 15.9 Å². The number of benzene rings is 2. The molecule has 0 saturated heterocycles. The van der Waals surface area contributed by atoms with Gasteiger partial charge in [-0.2, -0.15) is 0 Å². The maximum Gasteiger partial charge on any atom is 0.131 e. The van der Waals surface area contributed by atoms with Gasteiger partial charge in [0.05, 0.1) is 0 Å². The van der Waals surface area contributed by atoms with Gasteiger partial charge >= 0.3 is 0 Å². The Kier molecular flexibility index (Phi) is 4.15. The van der Waals surface area contributed by atoms with Crippen LogP contribution in [0.5, 0.6) is 0 Å². The minimum Gasteiger partial charge on any atom is -0.313 e. The lowest BCUT2D eigenvalue weighted by Crippen LogP contribution is -2.12. The number of nitrogens with one attached hydrogen (secondary N) is 1. The van der Waals surface area contributed by atoms with Crippen LogP contribution < -0.4 is 5.32 Å². The van der Waals surface area contributed by atoms with Crippen molar-refractivity contribution in [1.29, 1.82) is 0 Å². The second-order valence-corrected chi connectivity index (χ2v) is 5.18. The summed E-state index contributed by atoms with van der Waals surface area (Å²) in [5, 5.41) is 3.16. The molecule has 0 saturated carbocycles. The van der Waals surface area contributed by atoms with Gasteiger partial charge < -0.3 is 5.32 Å². The van der Waals surface area contributed by atoms with Gasteiger partial charge in [0.2, 0.25) is 0 Å². The number of hydrogen-bond acceptors (Lipinski definition) is 1. The third kappa shape index (κ3) is 2.79. The fourth-order valence-corrected chi connectivity index (χ4v) is 2.26. The first kappa shape index (κ1) is 13.2. The van der Waals surface area contributed by atoms with Crippen molar-refractivity contribution in [2.24, 2.45) is 0 Å². The normalized spacial score (nSPS) is 12.4. The summed E-state index contributed by atoms with van der Waals surface area (Å²) >= 11 is 3.41. The molecule has 0 radical (unpaired) electrons. The van der Waals surface area contributed by atoms with Crippen molar-refractivity contribution >= 4 is 15.9 Å². The Hall–Kier alpha value is -1.19. The third-order valence-electron chi connectivity index (χ3n) is 3.06. The van der Waals surface area contributed by atoms with Gasteiger partial charge in [0, 0.05) is 16.1 Å². The van der Waals surface area contributed by atoms with Crippen LogP contribution in [0.1, 0.15) is 18.5 Å². The van der Waals surface area contributed by atoms with Gasteiger partial charge in [-0.25, -0.2) is 4.39 Å². The molecule has 0 fully saturated rings. The minimum atomic E-state index is -0.194. The molecule has 0 aliphatic heterocycles. The molecule has 0 spiro atoms. The zero-order chi connectivity index (χ0) is 13.1. The highest BCUT2D eigenvalue weighted by Crippen LogP contribution is 2.28. The molecule has 0 heterocycles. The second kappa shape index (κ2) is 5.63. The van der Waals surface area contributed by atoms with Gasteiger partial charge in [-0.1, -0.05) is 34.1 Å². The van der Waals surface area contributed by atoms with Gasteiger partial charge in [-0.15, -0.1) is 0 Å². The maximum absolute atomic E-state index is 13.9. The summed E-state index contributed by atoms with van der Waals surface area (Å²) in [6, 6.07) is 13.1. The van der Waals surface area contributed by atoms with E-state index < -0.39 is 0 Å². The molecular weight excluding hydrogens is 293 g/mol. The molecule has 2 aromatic rings. The quantitative estimate of drug-likeness (QED) is 0.878. The van der Waals surface area contributed by atoms with Gasteiger partial charge in [-0.05, 0) is 49.4 Å². The van der Waals surface area contributed by atoms with E-state index in [2.05, 4.69) is 28.2 Å². The van der Waals surface area contributed by atoms with Crippen LogP contribution in [0.25, 0.3) is 11.1 Å². The van der Waals surface area contributed by atoms with Gasteiger partial charge in [0.1, 0.15) is 5.82 Å². The molecule has 2 aromatic carbocycles. The zero-order valence-electron chi connectivity index (χ0n) is 10.4. The van der Waals surface area contributed by atoms with Crippen molar-refractivity contribution in [2.45, 2.75) is 13.0 Å². The Bertz CT molecular complexity index is 554. The van der Waals surface area contributed by atoms with E-state index in [1.807, 2.05) is 43.4 Å². The van der Waals surface area contributed by atoms with Gasteiger partial charge in [-0.3, -0.25) is 0 Å². The van der Waals surface area contributed by atoms with Crippen LogP contribution in [0.3, 0.4) is 0 Å². The number of halogens is 2. The Morgan fingerprint density at radius 1 is 1.17 bits per heavy atom. The van der Waals surface area contributed by atoms with E-state index >= 15 is 0 Å². The van der Waals surface area contributed by atoms with E-state index in [1.54, 1.807) is 0 Å². The lowest BCUT2D eigenvalue weighted by molar-refractivity contribution is 0.622. The molecule has 0 aromatic heterocycles. The van der Waals surface area contributed by atoms with E-state index in [4.69, 9.17) is 0 Å². The zero-order valence-corrected chi connectivity index (χ0v) is 12.0. The summed E-state index contributed by atoms with van der Waals surface area (Å²) in [7, 11) is 1.90. The van der Waals surface area contributed by atoms with Crippen molar-refractivity contribution in [2.75, 3.05) is 7.05 Å². The molecule has 94 valence electrons. The summed E-state index contributed by atoms with van der Waals surface area (Å²) < 4.78 is 14.9. The van der Waals surface area contributed by atoms with Crippen molar-refractivity contribution in [3.63, 3.8) is 0 Å². The van der Waals surface area contributed by atoms with Crippen LogP contribution in [-0.4, -0.2) is 7.05 Å². The number of hydrogen-bond donors (Lipinski definition) is 1. The summed E-state index contributed by atoms with van der Waals surface area (Å²) in [5.74, 6) is -0.194. The molecule has 0 bridgehead atoms. The average molecular weight is 308 g/mol. The highest BCUT2D eigenvalue weighted by Gasteiger charge is 2.09. The predicted molar refractivity (Wildman–Crippen MR) is 77.0 cm³/mol. The Morgan fingerprint density at radius 2 is 1.94 bits per heavy atom. The first-order valence-electron chi connectivity index (χ1n) is 5.84. The second-order valence-electron chi connectivity index (χ2n) is 4.26. The largest absolute Gasteiger partial charge is 0.313 e. The highest BCUT2D eigenvalue weighted by molar-refractivity contribution is 9.10. The van der Waals surface area contributed by atoms with Crippen LogP contribution in [-0.2, 0) is 0 Å². The van der Waals surface area contributed by atoms with Gasteiger partial charge in [0.15, 0.2) is 0 Å². The predicted octanol–water partition coefficient (Wildman–Crippen LogP) is 4.54. The standard InChI is InChI=1S/C15H15BrFN/c1-10(18-2)11-6-7-15(17)14(9-11)12-4-3-5-13(16)8-12/h3-10,18H,1-2H3. The van der Waals surface area contributed by atoms with E-state index in [1.165, 1.54) is 6.07 Å². The summed E-state index contributed by atoms with van der Waals surface area (Å²) in [6.07, 6.45) is 0. The molecule has 0 amide bonds. The lowest BCUT2D eigenvalue weighted by atomic mass is 9.99. The molecular formula is C15H15BrFN. The molecule has 1 atom stereocenters. The van der Waals surface area contributed by atoms with Crippen LogP contribution in [0.2, 0.25) is 0 Å². The Labute approximate surface area is 115 Å². The molecule has 2 rings (SSSR count). The van der Waals surface area contributed by atoms with Crippen molar-refractivity contribution in [1.82, 2.24) is 5.32 Å². The molecule has 0 aliphatic carbocycles. The molecule has 1 N–H and O–H groups in total. The topological polar surface area (TPSA) is 12.0 Å². The monoisotopic (exact) mass is 307 g/mol. The molecule has 3 heteroatoms. The van der Waals surface area contributed by atoms with Crippen LogP contribution in [0, 0.1) is 5.82 Å². The average Bonchev–Trinajstić information content (AvgIpc) is 2.38. The smallest absolute Gasteiger partial charge is 0.131 e. The fourth-order valence-electron chi connectivity index (χ4n) is 1.86. The molecule has 18 heavy (non-hydrogen) atoms. The summed E-state index contributed by atoms with van der Waals surface area (Å²) in [4.78, 5) is 0. The SMILES string of the molecule is CNC(C)c1ccc(F)c(-c2cccc(Br)c2)c1. The third-order valence-corrected chi connectivity index (χ3v) is 3.55. The minimum absolute atomic E-state index is 0.194. The Balaban J connectivity index is 2.49. The van der Waals surface area contributed by atoms with E-state index in [9.17, 15) is 4.39 Å². The fraction of sp³-hybridized carbons (Fsp3) is 0.200. The van der Waals surface area contributed by atoms with Crippen molar-refractivity contribution in [3.05, 3.63) is 58.3 Å². The van der Waals surface area contributed by atoms with Crippen LogP contribution in [0.15, 0.2) is 46.9 Å². The lowest BCUT2D eigenvalue weighted by Gasteiger charge is -2.13. The molecule has 1 unspecified atom stereocenters. The first-order chi connectivity index (χ1) is 8.61. The summed E-state index contributed by atoms with van der Waals surface area (Å²) in [6.45, 7) is 2.05. The van der Waals surface area contributed by atoms with Crippen molar-refractivity contribution < 1.29 is 4.39 Å². The van der Waals surface area contributed by atoms with E-state index in [0.29, 0.717) is 5.56 Å². The van der Waals surface area contributed by atoms with Gasteiger partial charge in [0.25, 0.3) is 0 Å². The number of rotatable bonds is 3. The Morgan fingerprint density at radius 3 is 2.61 bits per heavy atom. The maximum atomic E-state index is 13.9. The van der Waals surface area contributed by atoms with E-state index in [-0.39, 0.29) is 11.9 Å². The first-order valence-corrected chi connectivity index (χ1v) is 6.64.